The third-order valence-corrected chi connectivity index (χ3v) is 6.81. The second kappa shape index (κ2) is 13.8. The van der Waals surface area contributed by atoms with E-state index in [-0.39, 0.29) is 36.5 Å². The molecule has 2 aromatic rings. The van der Waals surface area contributed by atoms with E-state index in [9.17, 15) is 14.0 Å². The first-order valence-electron chi connectivity index (χ1n) is 14.0. The van der Waals surface area contributed by atoms with Crippen LogP contribution in [0.15, 0.2) is 18.2 Å². The number of carbonyl (C=O) groups excluding carboxylic acids is 2. The Morgan fingerprint density at radius 1 is 0.974 bits per heavy atom. The van der Waals surface area contributed by atoms with E-state index < -0.39 is 0 Å². The lowest BCUT2D eigenvalue weighted by atomic mass is 10.1. The molecule has 1 aliphatic heterocycles. The third-order valence-electron chi connectivity index (χ3n) is 6.81. The summed E-state index contributed by atoms with van der Waals surface area (Å²) in [4.78, 5) is 37.3. The van der Waals surface area contributed by atoms with Crippen LogP contribution in [-0.2, 0) is 22.7 Å². The fourth-order valence-corrected chi connectivity index (χ4v) is 5.16. The van der Waals surface area contributed by atoms with Crippen molar-refractivity contribution in [3.63, 3.8) is 0 Å². The molecule has 1 aromatic carbocycles. The lowest BCUT2D eigenvalue weighted by Gasteiger charge is -2.32. The fraction of sp³-hybridized carbons (Fsp3) is 0.655. The predicted octanol–water partition coefficient (Wildman–Crippen LogP) is 4.58. The van der Waals surface area contributed by atoms with Crippen LogP contribution < -0.4 is 4.90 Å². The van der Waals surface area contributed by atoms with E-state index in [0.29, 0.717) is 49.0 Å². The number of carbonyl (C=O) groups is 2. The molecule has 0 bridgehead atoms. The van der Waals surface area contributed by atoms with E-state index in [2.05, 4.69) is 28.8 Å². The van der Waals surface area contributed by atoms with Gasteiger partial charge in [0.1, 0.15) is 17.5 Å². The first kappa shape index (κ1) is 29.7. The minimum atomic E-state index is -0.365. The average molecular weight is 529 g/mol. The molecule has 1 aromatic heterocycles. The SMILES string of the molecule is Cc1nc(C)n(CCC(=O)N2CCCN(CC(C)C)CCCN(C(=O)CC(C)C)c3ccc(F)cc3C2)n1. The van der Waals surface area contributed by atoms with Gasteiger partial charge in [-0.1, -0.05) is 27.7 Å². The molecular formula is C29H45FN6O2. The Balaban J connectivity index is 1.91. The number of nitrogens with zero attached hydrogens (tertiary/aromatic N) is 6. The van der Waals surface area contributed by atoms with Crippen molar-refractivity contribution in [1.29, 1.82) is 0 Å². The molecule has 0 atom stereocenters. The average Bonchev–Trinajstić information content (AvgIpc) is 3.15. The Kier molecular flexibility index (Phi) is 10.8. The summed E-state index contributed by atoms with van der Waals surface area (Å²) in [5, 5.41) is 4.38. The van der Waals surface area contributed by atoms with Crippen LogP contribution in [0.1, 0.15) is 70.6 Å². The second-order valence-electron chi connectivity index (χ2n) is 11.3. The maximum absolute atomic E-state index is 14.5. The van der Waals surface area contributed by atoms with Gasteiger partial charge in [-0.25, -0.2) is 14.1 Å². The van der Waals surface area contributed by atoms with Gasteiger partial charge < -0.3 is 14.7 Å². The van der Waals surface area contributed by atoms with Crippen molar-refractivity contribution in [2.75, 3.05) is 37.6 Å². The summed E-state index contributed by atoms with van der Waals surface area (Å²) in [5.74, 6) is 1.86. The van der Waals surface area contributed by atoms with E-state index in [1.54, 1.807) is 10.7 Å². The van der Waals surface area contributed by atoms with Crippen molar-refractivity contribution in [3.05, 3.63) is 41.2 Å². The highest BCUT2D eigenvalue weighted by Gasteiger charge is 2.24. The third kappa shape index (κ3) is 8.61. The summed E-state index contributed by atoms with van der Waals surface area (Å²) < 4.78 is 16.2. The quantitative estimate of drug-likeness (QED) is 0.526. The van der Waals surface area contributed by atoms with Crippen LogP contribution >= 0.6 is 0 Å². The molecule has 3 rings (SSSR count). The Morgan fingerprint density at radius 3 is 2.32 bits per heavy atom. The van der Waals surface area contributed by atoms with Crippen LogP contribution in [0, 0.1) is 31.5 Å². The minimum absolute atomic E-state index is 0.0136. The molecule has 210 valence electrons. The van der Waals surface area contributed by atoms with Gasteiger partial charge in [0.15, 0.2) is 0 Å². The van der Waals surface area contributed by atoms with Crippen molar-refractivity contribution < 1.29 is 14.0 Å². The summed E-state index contributed by atoms with van der Waals surface area (Å²) in [7, 11) is 0. The Labute approximate surface area is 227 Å². The van der Waals surface area contributed by atoms with Crippen molar-refractivity contribution in [1.82, 2.24) is 24.6 Å². The number of benzene rings is 1. The van der Waals surface area contributed by atoms with Crippen LogP contribution in [0.3, 0.4) is 0 Å². The molecule has 0 spiro atoms. The number of halogens is 1. The standard InChI is InChI=1S/C29H45FN6O2/c1-21(2)17-29(38)35-15-8-13-33(19-22(3)4)12-7-14-34(20-25-18-26(30)9-10-27(25)35)28(37)11-16-36-24(6)31-23(5)32-36/h9-10,18,21-22H,7-8,11-17,19-20H2,1-6H3. The van der Waals surface area contributed by atoms with E-state index in [1.807, 2.05) is 37.5 Å². The number of anilines is 1. The van der Waals surface area contributed by atoms with Crippen molar-refractivity contribution in [2.45, 2.75) is 80.3 Å². The topological polar surface area (TPSA) is 74.6 Å². The van der Waals surface area contributed by atoms with Gasteiger partial charge in [-0.3, -0.25) is 9.59 Å². The smallest absolute Gasteiger partial charge is 0.227 e. The van der Waals surface area contributed by atoms with Gasteiger partial charge in [-0.05, 0) is 75.4 Å². The molecule has 0 saturated heterocycles. The molecule has 8 nitrogen and oxygen atoms in total. The zero-order chi connectivity index (χ0) is 27.8. The summed E-state index contributed by atoms with van der Waals surface area (Å²) >= 11 is 0. The highest BCUT2D eigenvalue weighted by atomic mass is 19.1. The van der Waals surface area contributed by atoms with Crippen LogP contribution in [0.4, 0.5) is 10.1 Å². The molecule has 2 amide bonds. The number of hydrogen-bond acceptors (Lipinski definition) is 5. The van der Waals surface area contributed by atoms with Gasteiger partial charge in [0, 0.05) is 44.7 Å². The lowest BCUT2D eigenvalue weighted by molar-refractivity contribution is -0.132. The molecule has 0 saturated carbocycles. The van der Waals surface area contributed by atoms with Gasteiger partial charge in [-0.2, -0.15) is 5.10 Å². The van der Waals surface area contributed by atoms with E-state index in [0.717, 1.165) is 38.3 Å². The number of amides is 2. The maximum Gasteiger partial charge on any atom is 0.227 e. The molecule has 0 fully saturated rings. The van der Waals surface area contributed by atoms with Crippen LogP contribution in [0.25, 0.3) is 0 Å². The first-order chi connectivity index (χ1) is 18.0. The Hall–Kier alpha value is -2.81. The van der Waals surface area contributed by atoms with E-state index >= 15 is 0 Å². The van der Waals surface area contributed by atoms with Crippen LogP contribution in [0.5, 0.6) is 0 Å². The number of hydrogen-bond donors (Lipinski definition) is 0. The molecule has 0 unspecified atom stereocenters. The van der Waals surface area contributed by atoms with Gasteiger partial charge in [0.05, 0.1) is 6.54 Å². The lowest BCUT2D eigenvalue weighted by Crippen LogP contribution is -2.40. The predicted molar refractivity (Wildman–Crippen MR) is 148 cm³/mol. The fourth-order valence-electron chi connectivity index (χ4n) is 5.16. The van der Waals surface area contributed by atoms with Gasteiger partial charge >= 0.3 is 0 Å². The monoisotopic (exact) mass is 528 g/mol. The summed E-state index contributed by atoms with van der Waals surface area (Å²) in [5.41, 5.74) is 1.37. The largest absolute Gasteiger partial charge is 0.338 e. The van der Waals surface area contributed by atoms with Crippen LogP contribution in [-0.4, -0.2) is 69.1 Å². The normalized spacial score (nSPS) is 15.9. The molecule has 0 radical (unpaired) electrons. The molecular weight excluding hydrogens is 483 g/mol. The number of aromatic nitrogens is 3. The Bertz CT molecular complexity index is 1080. The molecule has 0 N–H and O–H groups in total. The van der Waals surface area contributed by atoms with Gasteiger partial charge in [-0.15, -0.1) is 0 Å². The minimum Gasteiger partial charge on any atom is -0.338 e. The van der Waals surface area contributed by atoms with E-state index in [4.69, 9.17) is 0 Å². The molecule has 9 heteroatoms. The molecule has 38 heavy (non-hydrogen) atoms. The molecule has 0 aliphatic carbocycles. The molecule has 2 heterocycles. The zero-order valence-electron chi connectivity index (χ0n) is 24.0. The van der Waals surface area contributed by atoms with Gasteiger partial charge in [0.25, 0.3) is 0 Å². The van der Waals surface area contributed by atoms with Crippen LogP contribution in [0.2, 0.25) is 0 Å². The summed E-state index contributed by atoms with van der Waals surface area (Å²) in [6.07, 6.45) is 2.37. The summed E-state index contributed by atoms with van der Waals surface area (Å²) in [6.45, 7) is 16.8. The maximum atomic E-state index is 14.5. The number of aryl methyl sites for hydroxylation is 3. The Morgan fingerprint density at radius 2 is 1.68 bits per heavy atom. The van der Waals surface area contributed by atoms with Gasteiger partial charge in [0.2, 0.25) is 11.8 Å². The zero-order valence-corrected chi connectivity index (χ0v) is 24.0. The highest BCUT2D eigenvalue weighted by Crippen LogP contribution is 2.26. The van der Waals surface area contributed by atoms with Crippen molar-refractivity contribution >= 4 is 17.5 Å². The highest BCUT2D eigenvalue weighted by molar-refractivity contribution is 5.94. The number of fused-ring (bicyclic) bond motifs is 1. The first-order valence-corrected chi connectivity index (χ1v) is 14.0. The van der Waals surface area contributed by atoms with Crippen molar-refractivity contribution in [2.24, 2.45) is 11.8 Å². The second-order valence-corrected chi connectivity index (χ2v) is 11.3. The number of rotatable bonds is 7. The van der Waals surface area contributed by atoms with E-state index in [1.165, 1.54) is 12.1 Å². The molecule has 1 aliphatic rings. The summed E-state index contributed by atoms with van der Waals surface area (Å²) in [6, 6.07) is 4.59. The van der Waals surface area contributed by atoms with Crippen molar-refractivity contribution in [3.8, 4) is 0 Å².